The van der Waals surface area contributed by atoms with E-state index in [1.165, 1.54) is 0 Å². The number of Topliss-reactive ketones (excluding diaryl/α,β-unsaturated/α-hetero) is 1. The highest BCUT2D eigenvalue weighted by Gasteiger charge is 2.65. The van der Waals surface area contributed by atoms with Crippen molar-refractivity contribution < 1.29 is 14.7 Å². The first-order valence-electron chi connectivity index (χ1n) is 6.05. The second-order valence-corrected chi connectivity index (χ2v) is 6.08. The molecule has 90 valence electrons. The van der Waals surface area contributed by atoms with Crippen LogP contribution in [-0.2, 0) is 9.59 Å². The minimum absolute atomic E-state index is 0.0130. The molecule has 0 amide bonds. The SMILES string of the molecule is CC1(C)[C@@H]2CC[C@]1(C)C(=O)[C@@H]2CCC(=O)[O-]. The Morgan fingerprint density at radius 1 is 1.44 bits per heavy atom. The third-order valence-corrected chi connectivity index (χ3v) is 5.33. The minimum atomic E-state index is -1.04. The summed E-state index contributed by atoms with van der Waals surface area (Å²) in [6, 6.07) is 0. The fraction of sp³-hybridized carbons (Fsp3) is 0.846. The maximum absolute atomic E-state index is 12.3. The van der Waals surface area contributed by atoms with Crippen LogP contribution in [0.4, 0.5) is 0 Å². The number of carbonyl (C=O) groups excluding carboxylic acids is 2. The molecule has 0 aliphatic heterocycles. The molecule has 2 saturated carbocycles. The quantitative estimate of drug-likeness (QED) is 0.721. The highest BCUT2D eigenvalue weighted by atomic mass is 16.4. The number of carboxylic acid groups (broad SMARTS) is 1. The van der Waals surface area contributed by atoms with E-state index in [1.807, 2.05) is 6.92 Å². The predicted octanol–water partition coefficient (Wildman–Crippen LogP) is 1.16. The van der Waals surface area contributed by atoms with Gasteiger partial charge in [-0.3, -0.25) is 4.79 Å². The van der Waals surface area contributed by atoms with Gasteiger partial charge >= 0.3 is 0 Å². The van der Waals surface area contributed by atoms with Gasteiger partial charge in [0.25, 0.3) is 0 Å². The Morgan fingerprint density at radius 2 is 2.06 bits per heavy atom. The van der Waals surface area contributed by atoms with Crippen LogP contribution >= 0.6 is 0 Å². The zero-order valence-corrected chi connectivity index (χ0v) is 10.2. The van der Waals surface area contributed by atoms with E-state index in [9.17, 15) is 14.7 Å². The van der Waals surface area contributed by atoms with E-state index < -0.39 is 5.97 Å². The van der Waals surface area contributed by atoms with Gasteiger partial charge in [0.15, 0.2) is 0 Å². The highest BCUT2D eigenvalue weighted by molar-refractivity contribution is 5.91. The molecule has 0 saturated heterocycles. The van der Waals surface area contributed by atoms with Crippen molar-refractivity contribution in [1.29, 1.82) is 0 Å². The molecule has 2 bridgehead atoms. The third kappa shape index (κ3) is 1.26. The second-order valence-electron chi connectivity index (χ2n) is 6.08. The van der Waals surface area contributed by atoms with Gasteiger partial charge in [-0.15, -0.1) is 0 Å². The van der Waals surface area contributed by atoms with Crippen LogP contribution in [0.2, 0.25) is 0 Å². The Labute approximate surface area is 96.2 Å². The Hall–Kier alpha value is -0.860. The average molecular weight is 223 g/mol. The summed E-state index contributed by atoms with van der Waals surface area (Å²) in [4.78, 5) is 22.8. The molecule has 0 spiro atoms. The fourth-order valence-electron chi connectivity index (χ4n) is 3.88. The minimum Gasteiger partial charge on any atom is -0.550 e. The van der Waals surface area contributed by atoms with Crippen molar-refractivity contribution in [1.82, 2.24) is 0 Å². The van der Waals surface area contributed by atoms with Crippen molar-refractivity contribution >= 4 is 11.8 Å². The number of carboxylic acids is 1. The molecule has 0 heterocycles. The monoisotopic (exact) mass is 223 g/mol. The van der Waals surface area contributed by atoms with Crippen molar-refractivity contribution in [2.24, 2.45) is 22.7 Å². The molecule has 2 aliphatic rings. The van der Waals surface area contributed by atoms with E-state index in [0.29, 0.717) is 12.3 Å². The molecule has 0 radical (unpaired) electrons. The van der Waals surface area contributed by atoms with Gasteiger partial charge in [0.1, 0.15) is 5.78 Å². The summed E-state index contributed by atoms with van der Waals surface area (Å²) in [6.07, 6.45) is 2.50. The van der Waals surface area contributed by atoms with Crippen LogP contribution in [0.5, 0.6) is 0 Å². The fourth-order valence-corrected chi connectivity index (χ4v) is 3.88. The van der Waals surface area contributed by atoms with Crippen LogP contribution in [0.3, 0.4) is 0 Å². The number of rotatable bonds is 3. The van der Waals surface area contributed by atoms with E-state index in [2.05, 4.69) is 13.8 Å². The largest absolute Gasteiger partial charge is 0.550 e. The van der Waals surface area contributed by atoms with Crippen LogP contribution in [0.1, 0.15) is 46.5 Å². The molecule has 2 fully saturated rings. The first kappa shape index (κ1) is 11.6. The summed E-state index contributed by atoms with van der Waals surface area (Å²) >= 11 is 0. The molecule has 0 aromatic carbocycles. The van der Waals surface area contributed by atoms with Crippen molar-refractivity contribution in [3.63, 3.8) is 0 Å². The zero-order valence-electron chi connectivity index (χ0n) is 10.2. The molecule has 0 N–H and O–H groups in total. The topological polar surface area (TPSA) is 57.2 Å². The molecule has 3 nitrogen and oxygen atoms in total. The van der Waals surface area contributed by atoms with Crippen molar-refractivity contribution in [3.05, 3.63) is 0 Å². The number of carbonyl (C=O) groups is 2. The Bertz CT molecular complexity index is 345. The van der Waals surface area contributed by atoms with E-state index in [0.717, 1.165) is 12.8 Å². The smallest absolute Gasteiger partial charge is 0.142 e. The number of fused-ring (bicyclic) bond motifs is 2. The van der Waals surface area contributed by atoms with Crippen LogP contribution in [0.15, 0.2) is 0 Å². The maximum atomic E-state index is 12.3. The van der Waals surface area contributed by atoms with Crippen molar-refractivity contribution in [3.8, 4) is 0 Å². The lowest BCUT2D eigenvalue weighted by Gasteiger charge is -2.32. The van der Waals surface area contributed by atoms with E-state index in [4.69, 9.17) is 0 Å². The van der Waals surface area contributed by atoms with Gasteiger partial charge in [-0.2, -0.15) is 0 Å². The molecule has 0 aromatic heterocycles. The molecule has 3 heteroatoms. The summed E-state index contributed by atoms with van der Waals surface area (Å²) in [5.41, 5.74) is -0.199. The lowest BCUT2D eigenvalue weighted by molar-refractivity contribution is -0.306. The summed E-state index contributed by atoms with van der Waals surface area (Å²) < 4.78 is 0. The van der Waals surface area contributed by atoms with Crippen molar-refractivity contribution in [2.45, 2.75) is 46.5 Å². The Morgan fingerprint density at radius 3 is 2.50 bits per heavy atom. The van der Waals surface area contributed by atoms with Crippen molar-refractivity contribution in [2.75, 3.05) is 0 Å². The van der Waals surface area contributed by atoms with E-state index >= 15 is 0 Å². The molecular weight excluding hydrogens is 204 g/mol. The normalized spacial score (nSPS) is 40.3. The highest BCUT2D eigenvalue weighted by Crippen LogP contribution is 2.66. The van der Waals surface area contributed by atoms with E-state index in [-0.39, 0.29) is 29.0 Å². The van der Waals surface area contributed by atoms with Crippen LogP contribution < -0.4 is 5.11 Å². The average Bonchev–Trinajstić information content (AvgIpc) is 2.47. The molecule has 0 unspecified atom stereocenters. The lowest BCUT2D eigenvalue weighted by atomic mass is 9.70. The van der Waals surface area contributed by atoms with Gasteiger partial charge in [-0.25, -0.2) is 0 Å². The number of aliphatic carboxylic acids is 1. The Kier molecular flexibility index (Phi) is 2.41. The summed E-state index contributed by atoms with van der Waals surface area (Å²) in [6.45, 7) is 6.36. The molecule has 3 atom stereocenters. The Balaban J connectivity index is 2.20. The molecule has 2 rings (SSSR count). The first-order valence-corrected chi connectivity index (χ1v) is 6.05. The summed E-state index contributed by atoms with van der Waals surface area (Å²) in [5.74, 6) is -0.440. The third-order valence-electron chi connectivity index (χ3n) is 5.33. The van der Waals surface area contributed by atoms with E-state index in [1.54, 1.807) is 0 Å². The number of hydrogen-bond donors (Lipinski definition) is 0. The predicted molar refractivity (Wildman–Crippen MR) is 57.4 cm³/mol. The van der Waals surface area contributed by atoms with Gasteiger partial charge < -0.3 is 9.90 Å². The van der Waals surface area contributed by atoms with Gasteiger partial charge in [0, 0.05) is 17.3 Å². The zero-order chi connectivity index (χ0) is 12.1. The van der Waals surface area contributed by atoms with Gasteiger partial charge in [-0.1, -0.05) is 20.8 Å². The molecule has 2 aliphatic carbocycles. The van der Waals surface area contributed by atoms with Gasteiger partial charge in [0.2, 0.25) is 0 Å². The molecule has 16 heavy (non-hydrogen) atoms. The van der Waals surface area contributed by atoms with Gasteiger partial charge in [-0.05, 0) is 37.0 Å². The second kappa shape index (κ2) is 3.31. The van der Waals surface area contributed by atoms with Gasteiger partial charge in [0.05, 0.1) is 0 Å². The standard InChI is InChI=1S/C13H20O3/c1-12(2)9-6-7-13(12,3)11(16)8(9)4-5-10(14)15/h8-9H,4-7H2,1-3H3,(H,14,15)/p-1/t8-,9-,13-/m1/s1. The summed E-state index contributed by atoms with van der Waals surface area (Å²) in [7, 11) is 0. The number of hydrogen-bond acceptors (Lipinski definition) is 3. The molecular formula is C13H19O3-. The first-order chi connectivity index (χ1) is 7.30. The lowest BCUT2D eigenvalue weighted by Crippen LogP contribution is -2.33. The molecule has 0 aromatic rings. The van der Waals surface area contributed by atoms with Crippen LogP contribution in [0, 0.1) is 22.7 Å². The van der Waals surface area contributed by atoms with Crippen LogP contribution in [-0.4, -0.2) is 11.8 Å². The maximum Gasteiger partial charge on any atom is 0.142 e. The number of ketones is 1. The summed E-state index contributed by atoms with van der Waals surface area (Å²) in [5, 5.41) is 10.5. The van der Waals surface area contributed by atoms with Crippen LogP contribution in [0.25, 0.3) is 0 Å².